The van der Waals surface area contributed by atoms with Gasteiger partial charge in [-0.3, -0.25) is 9.59 Å². The van der Waals surface area contributed by atoms with Crippen molar-refractivity contribution in [3.8, 4) is 0 Å². The minimum absolute atomic E-state index is 0.420. The van der Waals surface area contributed by atoms with Crippen molar-refractivity contribution >= 4 is 51.1 Å². The fraction of sp³-hybridized carbons (Fsp3) is 0.0800. The van der Waals surface area contributed by atoms with Crippen molar-refractivity contribution in [1.29, 1.82) is 0 Å². The summed E-state index contributed by atoms with van der Waals surface area (Å²) in [5, 5.41) is 3.02. The van der Waals surface area contributed by atoms with Crippen molar-refractivity contribution in [3.05, 3.63) is 94.9 Å². The van der Waals surface area contributed by atoms with E-state index in [0.29, 0.717) is 17.8 Å². The molecule has 4 rings (SSSR count). The number of fused-ring (bicyclic) bond motifs is 1. The van der Waals surface area contributed by atoms with Crippen LogP contribution in [0.5, 0.6) is 0 Å². The molecular weight excluding hydrogens is 392 g/mol. The number of nitrogens with zero attached hydrogens (tertiary/aromatic N) is 2. The van der Waals surface area contributed by atoms with Crippen LogP contribution < -0.4 is 4.90 Å². The molecule has 1 heterocycles. The minimum atomic E-state index is 0.420. The molecule has 1 aromatic heterocycles. The molecule has 5 heteroatoms. The Bertz CT molecular complexity index is 1230. The first-order chi connectivity index (χ1) is 14.7. The third-order valence-corrected chi connectivity index (χ3v) is 5.90. The summed E-state index contributed by atoms with van der Waals surface area (Å²) in [5.41, 5.74) is 4.68. The first-order valence-electron chi connectivity index (χ1n) is 9.54. The van der Waals surface area contributed by atoms with Gasteiger partial charge < -0.3 is 4.90 Å². The van der Waals surface area contributed by atoms with E-state index < -0.39 is 0 Å². The van der Waals surface area contributed by atoms with Crippen LogP contribution in [0, 0.1) is 0 Å². The summed E-state index contributed by atoms with van der Waals surface area (Å²) < 4.78 is 1.13. The number of hydrogen-bond acceptors (Lipinski definition) is 5. The molecule has 3 aromatic carbocycles. The molecule has 4 nitrogen and oxygen atoms in total. The summed E-state index contributed by atoms with van der Waals surface area (Å²) in [4.78, 5) is 29.6. The summed E-state index contributed by atoms with van der Waals surface area (Å²) in [6.07, 6.45) is 1.66. The highest BCUT2D eigenvalue weighted by molar-refractivity contribution is 7.17. The van der Waals surface area contributed by atoms with Crippen LogP contribution in [0.25, 0.3) is 10.1 Å². The van der Waals surface area contributed by atoms with Gasteiger partial charge in [0.25, 0.3) is 0 Å². The Labute approximate surface area is 179 Å². The number of rotatable bonds is 7. The van der Waals surface area contributed by atoms with Crippen LogP contribution in [0.4, 0.5) is 11.4 Å². The average molecular weight is 413 g/mol. The Morgan fingerprint density at radius 1 is 0.967 bits per heavy atom. The number of benzene rings is 3. The zero-order valence-electron chi connectivity index (χ0n) is 16.5. The third-order valence-electron chi connectivity index (χ3n) is 4.94. The maximum absolute atomic E-state index is 11.9. The number of hydrogen-bond donors (Lipinski definition) is 0. The lowest BCUT2D eigenvalue weighted by molar-refractivity contribution is -0.102. The van der Waals surface area contributed by atoms with Gasteiger partial charge in [0.1, 0.15) is 12.0 Å². The van der Waals surface area contributed by atoms with E-state index in [4.69, 9.17) is 4.99 Å². The van der Waals surface area contributed by atoms with Crippen LogP contribution in [0.2, 0.25) is 0 Å². The van der Waals surface area contributed by atoms with Crippen LogP contribution in [0.15, 0.2) is 83.2 Å². The van der Waals surface area contributed by atoms with Gasteiger partial charge in [0.05, 0.1) is 11.4 Å². The molecule has 0 aliphatic heterocycles. The van der Waals surface area contributed by atoms with Gasteiger partial charge in [-0.25, -0.2) is 4.99 Å². The summed E-state index contributed by atoms with van der Waals surface area (Å²) in [6.45, 7) is 0.656. The molecule has 0 amide bonds. The van der Waals surface area contributed by atoms with Crippen molar-refractivity contribution in [3.63, 3.8) is 0 Å². The predicted molar refractivity (Wildman–Crippen MR) is 124 cm³/mol. The number of carbonyl (C=O) groups is 2. The fourth-order valence-corrected chi connectivity index (χ4v) is 4.35. The molecule has 0 aliphatic carbocycles. The van der Waals surface area contributed by atoms with E-state index in [-0.39, 0.29) is 0 Å². The SMILES string of the molecule is CN(Cc1ccc(C=O)cc1)c1ccccc1N=C(C=O)c1csc2ccccc12. The lowest BCUT2D eigenvalue weighted by Gasteiger charge is -2.21. The molecule has 0 N–H and O–H groups in total. The summed E-state index contributed by atoms with van der Waals surface area (Å²) in [6, 6.07) is 23.3. The largest absolute Gasteiger partial charge is 0.369 e. The molecule has 0 atom stereocenters. The van der Waals surface area contributed by atoms with Crippen LogP contribution >= 0.6 is 11.3 Å². The van der Waals surface area contributed by atoms with Crippen molar-refractivity contribution in [2.75, 3.05) is 11.9 Å². The van der Waals surface area contributed by atoms with Crippen LogP contribution in [-0.4, -0.2) is 25.3 Å². The van der Waals surface area contributed by atoms with E-state index in [9.17, 15) is 9.59 Å². The number of anilines is 1. The highest BCUT2D eigenvalue weighted by Crippen LogP contribution is 2.31. The zero-order chi connectivity index (χ0) is 20.9. The van der Waals surface area contributed by atoms with Gasteiger partial charge in [-0.1, -0.05) is 54.6 Å². The second-order valence-corrected chi connectivity index (χ2v) is 7.88. The van der Waals surface area contributed by atoms with E-state index in [1.54, 1.807) is 11.3 Å². The number of aliphatic imine (C=N–C) groups is 1. The second kappa shape index (κ2) is 8.84. The van der Waals surface area contributed by atoms with E-state index in [2.05, 4.69) is 4.90 Å². The Morgan fingerprint density at radius 2 is 1.70 bits per heavy atom. The van der Waals surface area contributed by atoms with Gasteiger partial charge in [-0.05, 0) is 23.8 Å². The first-order valence-corrected chi connectivity index (χ1v) is 10.4. The van der Waals surface area contributed by atoms with Crippen LogP contribution in [-0.2, 0) is 11.3 Å². The molecular formula is C25H20N2O2S. The normalized spacial score (nSPS) is 11.4. The smallest absolute Gasteiger partial charge is 0.169 e. The predicted octanol–water partition coefficient (Wildman–Crippen LogP) is 5.67. The van der Waals surface area contributed by atoms with Crippen LogP contribution in [0.1, 0.15) is 21.5 Å². The minimum Gasteiger partial charge on any atom is -0.369 e. The lowest BCUT2D eigenvalue weighted by Crippen LogP contribution is -2.16. The van der Waals surface area contributed by atoms with E-state index in [1.807, 2.05) is 85.2 Å². The van der Waals surface area contributed by atoms with E-state index >= 15 is 0 Å². The molecule has 0 radical (unpaired) electrons. The molecule has 0 bridgehead atoms. The third kappa shape index (κ3) is 4.07. The highest BCUT2D eigenvalue weighted by Gasteiger charge is 2.12. The summed E-state index contributed by atoms with van der Waals surface area (Å²) in [7, 11) is 1.99. The van der Waals surface area contributed by atoms with Crippen LogP contribution in [0.3, 0.4) is 0 Å². The molecule has 30 heavy (non-hydrogen) atoms. The van der Waals surface area contributed by atoms with Gasteiger partial charge >= 0.3 is 0 Å². The van der Waals surface area contributed by atoms with E-state index in [0.717, 1.165) is 45.2 Å². The molecule has 0 aliphatic rings. The molecule has 148 valence electrons. The monoisotopic (exact) mass is 412 g/mol. The number of aldehydes is 2. The van der Waals surface area contributed by atoms with Gasteiger partial charge in [0.15, 0.2) is 6.29 Å². The summed E-state index contributed by atoms with van der Waals surface area (Å²) >= 11 is 1.61. The molecule has 0 fully saturated rings. The summed E-state index contributed by atoms with van der Waals surface area (Å²) in [5.74, 6) is 0. The Balaban J connectivity index is 1.67. The van der Waals surface area contributed by atoms with Crippen molar-refractivity contribution in [2.45, 2.75) is 6.54 Å². The standard InChI is InChI=1S/C25H20N2O2S/c1-27(14-18-10-12-19(15-28)13-11-18)24-8-4-3-7-22(24)26-23(16-29)21-17-30-25-9-5-2-6-20(21)25/h2-13,15-17H,14H2,1H3. The Morgan fingerprint density at radius 3 is 2.47 bits per heavy atom. The maximum Gasteiger partial charge on any atom is 0.169 e. The Kier molecular flexibility index (Phi) is 5.82. The van der Waals surface area contributed by atoms with Gasteiger partial charge in [-0.2, -0.15) is 0 Å². The highest BCUT2D eigenvalue weighted by atomic mass is 32.1. The number of carbonyl (C=O) groups excluding carboxylic acids is 2. The maximum atomic E-state index is 11.9. The number of para-hydroxylation sites is 2. The number of thiophene rings is 1. The molecule has 0 unspecified atom stereocenters. The van der Waals surface area contributed by atoms with Crippen molar-refractivity contribution < 1.29 is 9.59 Å². The second-order valence-electron chi connectivity index (χ2n) is 6.96. The van der Waals surface area contributed by atoms with Crippen molar-refractivity contribution in [1.82, 2.24) is 0 Å². The van der Waals surface area contributed by atoms with Crippen molar-refractivity contribution in [2.24, 2.45) is 4.99 Å². The van der Waals surface area contributed by atoms with Gasteiger partial charge in [0, 0.05) is 40.2 Å². The fourth-order valence-electron chi connectivity index (χ4n) is 3.40. The average Bonchev–Trinajstić information content (AvgIpc) is 3.22. The molecule has 0 saturated heterocycles. The van der Waals surface area contributed by atoms with E-state index in [1.165, 1.54) is 0 Å². The first kappa shape index (κ1) is 19.7. The Hall–Kier alpha value is -3.57. The quantitative estimate of drug-likeness (QED) is 0.290. The zero-order valence-corrected chi connectivity index (χ0v) is 17.3. The molecule has 0 saturated carbocycles. The van der Waals surface area contributed by atoms with Gasteiger partial charge in [-0.15, -0.1) is 11.3 Å². The van der Waals surface area contributed by atoms with Gasteiger partial charge in [0.2, 0.25) is 0 Å². The molecule has 4 aromatic rings. The lowest BCUT2D eigenvalue weighted by atomic mass is 10.1. The molecule has 0 spiro atoms. The topological polar surface area (TPSA) is 49.7 Å².